The number of aryl methyl sites for hydroxylation is 1. The van der Waals surface area contributed by atoms with Crippen LogP contribution in [-0.2, 0) is 6.42 Å². The van der Waals surface area contributed by atoms with Crippen molar-refractivity contribution >= 4 is 34.4 Å². The zero-order valence-electron chi connectivity index (χ0n) is 28.1. The fourth-order valence-electron chi connectivity index (χ4n) is 7.93. The van der Waals surface area contributed by atoms with Crippen LogP contribution in [0.2, 0.25) is 0 Å². The summed E-state index contributed by atoms with van der Waals surface area (Å²) in [5.74, 6) is 0. The molecule has 0 amide bonds. The monoisotopic (exact) mass is 685 g/mol. The average Bonchev–Trinajstić information content (AvgIpc) is 3.45. The average molecular weight is 686 g/mol. The van der Waals surface area contributed by atoms with Crippen molar-refractivity contribution in [3.05, 3.63) is 173 Å². The van der Waals surface area contributed by atoms with Crippen LogP contribution in [0.4, 0.5) is 5.69 Å². The molecule has 9 rings (SSSR count). The van der Waals surface area contributed by atoms with E-state index < -0.39 is 0 Å². The van der Waals surface area contributed by atoms with E-state index in [1.54, 1.807) is 0 Å². The highest BCUT2D eigenvalue weighted by Gasteiger charge is 2.33. The van der Waals surface area contributed by atoms with E-state index in [2.05, 4.69) is 131 Å². The minimum absolute atomic E-state index is 0.0181. The SMILES string of the molecule is N#Cc1ccc2c(c1)c1c(n2-c2cc(-c3ccc(-c4c(C#N)cccc4N4C5C=CC=CC(=C5)C5C=CC=CC4S5)cc3)ccc2C#N)C=CCC1. The second-order valence-electron chi connectivity index (χ2n) is 13.2. The predicted molar refractivity (Wildman–Crippen MR) is 212 cm³/mol. The van der Waals surface area contributed by atoms with Crippen LogP contribution < -0.4 is 4.90 Å². The minimum atomic E-state index is 0.0181. The van der Waals surface area contributed by atoms with Gasteiger partial charge in [0, 0.05) is 22.3 Å². The molecule has 0 radical (unpaired) electrons. The second-order valence-corrected chi connectivity index (χ2v) is 14.5. The first-order valence-corrected chi connectivity index (χ1v) is 18.4. The Bertz CT molecular complexity index is 2610. The smallest absolute Gasteiger partial charge is 0.101 e. The van der Waals surface area contributed by atoms with Gasteiger partial charge >= 0.3 is 0 Å². The van der Waals surface area contributed by atoms with Crippen molar-refractivity contribution < 1.29 is 0 Å². The van der Waals surface area contributed by atoms with Crippen molar-refractivity contribution in [2.24, 2.45) is 0 Å². The zero-order valence-corrected chi connectivity index (χ0v) is 29.0. The van der Waals surface area contributed by atoms with Gasteiger partial charge in [-0.25, -0.2) is 0 Å². The number of hydrogen-bond acceptors (Lipinski definition) is 5. The molecular formula is C46H31N5S. The summed E-state index contributed by atoms with van der Waals surface area (Å²) >= 11 is 1.91. The summed E-state index contributed by atoms with van der Waals surface area (Å²) in [4.78, 5) is 2.44. The van der Waals surface area contributed by atoms with E-state index in [1.165, 1.54) is 11.1 Å². The van der Waals surface area contributed by atoms with Gasteiger partial charge in [-0.2, -0.15) is 15.8 Å². The molecule has 5 nitrogen and oxygen atoms in total. The Morgan fingerprint density at radius 2 is 1.50 bits per heavy atom. The minimum Gasteiger partial charge on any atom is -0.345 e. The first kappa shape index (κ1) is 31.5. The number of fused-ring (bicyclic) bond motifs is 7. The molecule has 0 saturated heterocycles. The fourth-order valence-corrected chi connectivity index (χ4v) is 9.30. The molecule has 6 heteroatoms. The normalized spacial score (nSPS) is 19.5. The summed E-state index contributed by atoms with van der Waals surface area (Å²) in [6.07, 6.45) is 25.9. The van der Waals surface area contributed by atoms with Crippen molar-refractivity contribution in [3.63, 3.8) is 0 Å². The molecule has 4 aliphatic rings. The van der Waals surface area contributed by atoms with Crippen molar-refractivity contribution in [3.8, 4) is 46.1 Å². The van der Waals surface area contributed by atoms with Crippen molar-refractivity contribution in [1.82, 2.24) is 4.57 Å². The molecule has 3 heterocycles. The lowest BCUT2D eigenvalue weighted by atomic mass is 9.94. The van der Waals surface area contributed by atoms with Gasteiger partial charge in [-0.1, -0.05) is 97.2 Å². The lowest BCUT2D eigenvalue weighted by molar-refractivity contribution is 0.815. The standard InChI is InChI=1S/C46H31N5S/c47-27-30-16-23-41-39(24-30)38-11-3-4-12-40(38)51(41)43-26-33(21-22-35(43)28-48)31-17-19-32(20-18-31)46-36(29-49)9-7-13-42(46)50-37-10-2-1-8-34(25-37)44-14-5-6-15-45(50)52-44/h1-2,4-10,12-26,37,44-45H,3,11H2. The highest BCUT2D eigenvalue weighted by atomic mass is 32.2. The van der Waals surface area contributed by atoms with Gasteiger partial charge in [0.2, 0.25) is 0 Å². The number of benzene rings is 4. The third-order valence-electron chi connectivity index (χ3n) is 10.3. The topological polar surface area (TPSA) is 79.5 Å². The summed E-state index contributed by atoms with van der Waals surface area (Å²) in [6, 6.07) is 33.5. The summed E-state index contributed by atoms with van der Waals surface area (Å²) in [5, 5.41) is 31.7. The van der Waals surface area contributed by atoms with Crippen molar-refractivity contribution in [2.75, 3.05) is 4.90 Å². The maximum absolute atomic E-state index is 10.4. The lowest BCUT2D eigenvalue weighted by Gasteiger charge is -2.36. The first-order chi connectivity index (χ1) is 25.6. The molecule has 0 saturated carbocycles. The van der Waals surface area contributed by atoms with E-state index >= 15 is 0 Å². The van der Waals surface area contributed by atoms with Crippen molar-refractivity contribution in [1.29, 1.82) is 15.8 Å². The number of rotatable bonds is 4. The third kappa shape index (κ3) is 5.23. The van der Waals surface area contributed by atoms with Gasteiger partial charge in [0.1, 0.15) is 6.07 Å². The maximum Gasteiger partial charge on any atom is 0.101 e. The van der Waals surface area contributed by atoms with Crippen LogP contribution >= 0.6 is 11.8 Å². The van der Waals surface area contributed by atoms with Crippen LogP contribution in [0, 0.1) is 34.0 Å². The van der Waals surface area contributed by atoms with E-state index in [0.29, 0.717) is 16.7 Å². The Morgan fingerprint density at radius 1 is 0.692 bits per heavy atom. The number of hydrogen-bond donors (Lipinski definition) is 0. The zero-order chi connectivity index (χ0) is 35.2. The maximum atomic E-state index is 10.4. The second kappa shape index (κ2) is 13.0. The highest BCUT2D eigenvalue weighted by molar-refractivity contribution is 8.01. The first-order valence-electron chi connectivity index (χ1n) is 17.4. The molecule has 4 bridgehead atoms. The van der Waals surface area contributed by atoms with Crippen molar-refractivity contribution in [2.45, 2.75) is 29.5 Å². The van der Waals surface area contributed by atoms with Gasteiger partial charge in [0.25, 0.3) is 0 Å². The van der Waals surface area contributed by atoms with Gasteiger partial charge in [0.05, 0.1) is 56.7 Å². The van der Waals surface area contributed by atoms with Crippen LogP contribution in [-0.4, -0.2) is 21.2 Å². The third-order valence-corrected chi connectivity index (χ3v) is 11.7. The van der Waals surface area contributed by atoms with E-state index in [0.717, 1.165) is 63.1 Å². The molecule has 2 aliphatic heterocycles. The number of nitrogens with zero attached hydrogens (tertiary/aromatic N) is 5. The summed E-state index contributed by atoms with van der Waals surface area (Å²) < 4.78 is 2.17. The summed E-state index contributed by atoms with van der Waals surface area (Å²) in [6.45, 7) is 0. The van der Waals surface area contributed by atoms with Gasteiger partial charge in [-0.15, -0.1) is 11.8 Å². The molecule has 0 N–H and O–H groups in total. The number of allylic oxidation sites excluding steroid dienone is 6. The van der Waals surface area contributed by atoms with Crippen LogP contribution in [0.3, 0.4) is 0 Å². The highest BCUT2D eigenvalue weighted by Crippen LogP contribution is 2.44. The van der Waals surface area contributed by atoms with Gasteiger partial charge in [0.15, 0.2) is 0 Å². The quantitative estimate of drug-likeness (QED) is 0.188. The molecule has 3 unspecified atom stereocenters. The lowest BCUT2D eigenvalue weighted by Crippen LogP contribution is -2.39. The van der Waals surface area contributed by atoms with E-state index in [1.807, 2.05) is 54.2 Å². The van der Waals surface area contributed by atoms with E-state index in [9.17, 15) is 15.8 Å². The van der Waals surface area contributed by atoms with Crippen LogP contribution in [0.15, 0.2) is 145 Å². The Balaban J connectivity index is 1.14. The predicted octanol–water partition coefficient (Wildman–Crippen LogP) is 10.3. The molecule has 0 spiro atoms. The molecule has 0 fully saturated rings. The fraction of sp³-hybridized carbons (Fsp3) is 0.109. The summed E-state index contributed by atoms with van der Waals surface area (Å²) in [5.41, 5.74) is 12.1. The number of anilines is 1. The van der Waals surface area contributed by atoms with Crippen LogP contribution in [0.25, 0.3) is 44.9 Å². The Morgan fingerprint density at radius 3 is 2.35 bits per heavy atom. The molecular weight excluding hydrogens is 655 g/mol. The van der Waals surface area contributed by atoms with Gasteiger partial charge in [-0.05, 0) is 89.2 Å². The molecule has 3 atom stereocenters. The molecule has 2 aliphatic carbocycles. The van der Waals surface area contributed by atoms with Crippen LogP contribution in [0.1, 0.15) is 34.4 Å². The molecule has 4 aromatic carbocycles. The number of thioether (sulfide) groups is 1. The Labute approximate surface area is 307 Å². The number of nitriles is 3. The molecule has 52 heavy (non-hydrogen) atoms. The van der Waals surface area contributed by atoms with Gasteiger partial charge in [-0.3, -0.25) is 0 Å². The summed E-state index contributed by atoms with van der Waals surface area (Å²) in [7, 11) is 0. The number of aromatic nitrogens is 1. The largest absolute Gasteiger partial charge is 0.345 e. The van der Waals surface area contributed by atoms with E-state index in [4.69, 9.17) is 0 Å². The Kier molecular flexibility index (Phi) is 7.85. The molecule has 5 aromatic rings. The Hall–Kier alpha value is -6.52. The molecule has 246 valence electrons. The molecule has 1 aromatic heterocycles. The van der Waals surface area contributed by atoms with Gasteiger partial charge < -0.3 is 9.47 Å². The van der Waals surface area contributed by atoms with E-state index in [-0.39, 0.29) is 16.7 Å². The van der Waals surface area contributed by atoms with Crippen LogP contribution in [0.5, 0.6) is 0 Å².